The third-order valence-electron chi connectivity index (χ3n) is 13.4. The van der Waals surface area contributed by atoms with Crippen LogP contribution in [0, 0.1) is 17.3 Å². The zero-order valence-corrected chi connectivity index (χ0v) is 30.0. The Labute approximate surface area is 300 Å². The van der Waals surface area contributed by atoms with Gasteiger partial charge in [-0.25, -0.2) is 4.79 Å². The number of carbonyl (C=O) groups excluding carboxylic acids is 1. The lowest BCUT2D eigenvalue weighted by molar-refractivity contribution is -0.283. The molecule has 9 heteroatoms. The third kappa shape index (κ3) is 5.17. The molecule has 0 aromatic heterocycles. The fourth-order valence-electron chi connectivity index (χ4n) is 10.9. The highest BCUT2D eigenvalue weighted by atomic mass is 16.6. The topological polar surface area (TPSA) is 84.9 Å². The molecule has 2 aliphatic heterocycles. The van der Waals surface area contributed by atoms with Gasteiger partial charge in [-0.05, 0) is 104 Å². The summed E-state index contributed by atoms with van der Waals surface area (Å²) < 4.78 is 42.9. The first-order chi connectivity index (χ1) is 24.9. The van der Waals surface area contributed by atoms with E-state index in [2.05, 4.69) is 33.9 Å². The lowest BCUT2D eigenvalue weighted by Gasteiger charge is -2.74. The van der Waals surface area contributed by atoms with Crippen molar-refractivity contribution in [1.82, 2.24) is 4.90 Å². The number of hydrogen-bond acceptors (Lipinski definition) is 9. The first-order valence-electron chi connectivity index (χ1n) is 18.7. The van der Waals surface area contributed by atoms with Crippen molar-refractivity contribution in [2.24, 2.45) is 17.3 Å². The van der Waals surface area contributed by atoms with E-state index >= 15 is 0 Å². The maximum Gasteiger partial charge on any atom is 0.343 e. The molecule has 6 atom stereocenters. The zero-order valence-electron chi connectivity index (χ0n) is 30.0. The van der Waals surface area contributed by atoms with Crippen LogP contribution in [0.3, 0.4) is 0 Å². The Bertz CT molecular complexity index is 1770. The highest BCUT2D eigenvalue weighted by Crippen LogP contribution is 2.76. The Hall–Kier alpha value is -3.79. The highest BCUT2D eigenvalue weighted by molar-refractivity contribution is 5.70. The summed E-state index contributed by atoms with van der Waals surface area (Å²) in [7, 11) is 4.94. The predicted octanol–water partition coefficient (Wildman–Crippen LogP) is 6.27. The van der Waals surface area contributed by atoms with E-state index in [9.17, 15) is 4.79 Å². The van der Waals surface area contributed by atoms with Gasteiger partial charge in [0, 0.05) is 42.0 Å². The van der Waals surface area contributed by atoms with E-state index in [4.69, 9.17) is 28.4 Å². The van der Waals surface area contributed by atoms with Crippen molar-refractivity contribution in [2.45, 2.75) is 81.3 Å². The average Bonchev–Trinajstić information content (AvgIpc) is 3.91. The van der Waals surface area contributed by atoms with Crippen LogP contribution in [0.15, 0.2) is 60.7 Å². The number of methoxy groups -OCH3 is 3. The van der Waals surface area contributed by atoms with E-state index in [1.54, 1.807) is 7.11 Å². The number of esters is 1. The molecule has 0 radical (unpaired) electrons. The Balaban J connectivity index is 1.01. The molecular weight excluding hydrogens is 646 g/mol. The summed E-state index contributed by atoms with van der Waals surface area (Å²) in [6.07, 6.45) is 7.97. The molecule has 5 aliphatic carbocycles. The quantitative estimate of drug-likeness (QED) is 0.181. The maximum atomic E-state index is 11.5. The highest BCUT2D eigenvalue weighted by Gasteiger charge is 2.80. The molecule has 2 heterocycles. The molecule has 3 aromatic carbocycles. The van der Waals surface area contributed by atoms with E-state index in [-0.39, 0.29) is 29.5 Å². The van der Waals surface area contributed by atoms with Crippen LogP contribution < -0.4 is 18.9 Å². The van der Waals surface area contributed by atoms with Crippen LogP contribution in [-0.4, -0.2) is 76.2 Å². The van der Waals surface area contributed by atoms with Crippen LogP contribution in [0.5, 0.6) is 23.0 Å². The van der Waals surface area contributed by atoms with Crippen molar-refractivity contribution in [3.05, 3.63) is 82.9 Å². The SMILES string of the molecule is COC(=O)COc1ccc(COC[C@H]2CC34CCC2(OC)[C@@H]2Oc5c(OCc6ccc(OC)cc6)ccc6c5[C@@]23CCN(CC2CC2)[C@@H]4C6)cc1. The summed E-state index contributed by atoms with van der Waals surface area (Å²) in [5.74, 6) is 3.88. The molecule has 10 rings (SSSR count). The van der Waals surface area contributed by atoms with Gasteiger partial charge in [-0.3, -0.25) is 4.90 Å². The molecular formula is C42H49NO8. The number of rotatable bonds is 14. The first-order valence-corrected chi connectivity index (χ1v) is 18.7. The summed E-state index contributed by atoms with van der Waals surface area (Å²) in [5.41, 5.74) is 4.52. The molecule has 7 aliphatic rings. The Morgan fingerprint density at radius 1 is 0.882 bits per heavy atom. The van der Waals surface area contributed by atoms with Crippen molar-refractivity contribution < 1.29 is 38.0 Å². The smallest absolute Gasteiger partial charge is 0.343 e. The second-order valence-corrected chi connectivity index (χ2v) is 15.7. The van der Waals surface area contributed by atoms with Crippen LogP contribution in [0.1, 0.15) is 60.8 Å². The zero-order chi connectivity index (χ0) is 34.8. The predicted molar refractivity (Wildman–Crippen MR) is 189 cm³/mol. The van der Waals surface area contributed by atoms with E-state index in [1.165, 1.54) is 37.6 Å². The monoisotopic (exact) mass is 695 g/mol. The van der Waals surface area contributed by atoms with Crippen LogP contribution in [0.4, 0.5) is 0 Å². The third-order valence-corrected chi connectivity index (χ3v) is 13.4. The molecule has 0 N–H and O–H groups in total. The number of likely N-dealkylation sites (tertiary alicyclic amines) is 1. The first kappa shape index (κ1) is 33.1. The van der Waals surface area contributed by atoms with Gasteiger partial charge in [-0.1, -0.05) is 30.3 Å². The lowest BCUT2D eigenvalue weighted by atomic mass is 9.35. The fraction of sp³-hybridized carbons (Fsp3) is 0.548. The molecule has 2 unspecified atom stereocenters. The number of carbonyl (C=O) groups is 1. The largest absolute Gasteiger partial charge is 0.497 e. The molecule has 9 nitrogen and oxygen atoms in total. The van der Waals surface area contributed by atoms with Crippen molar-refractivity contribution in [2.75, 3.05) is 47.6 Å². The fourth-order valence-corrected chi connectivity index (χ4v) is 10.9. The van der Waals surface area contributed by atoms with Crippen molar-refractivity contribution in [3.63, 3.8) is 0 Å². The van der Waals surface area contributed by atoms with Gasteiger partial charge in [0.1, 0.15) is 29.8 Å². The van der Waals surface area contributed by atoms with Crippen LogP contribution in [-0.2, 0) is 44.1 Å². The number of benzene rings is 3. The van der Waals surface area contributed by atoms with Gasteiger partial charge in [-0.15, -0.1) is 0 Å². The number of hydrogen-bond donors (Lipinski definition) is 0. The molecule has 0 amide bonds. The summed E-state index contributed by atoms with van der Waals surface area (Å²) in [4.78, 5) is 14.4. The average molecular weight is 696 g/mol. The van der Waals surface area contributed by atoms with E-state index in [0.717, 1.165) is 72.9 Å². The Kier molecular flexibility index (Phi) is 8.24. The number of ether oxygens (including phenoxy) is 7. The Morgan fingerprint density at radius 3 is 2.37 bits per heavy atom. The lowest BCUT2D eigenvalue weighted by Crippen LogP contribution is -2.81. The second kappa shape index (κ2) is 12.7. The number of nitrogens with zero attached hydrogens (tertiary/aromatic N) is 1. The van der Waals surface area contributed by atoms with Gasteiger partial charge in [0.2, 0.25) is 0 Å². The van der Waals surface area contributed by atoms with Gasteiger partial charge in [0.15, 0.2) is 18.1 Å². The molecule has 1 saturated heterocycles. The maximum absolute atomic E-state index is 11.5. The molecule has 51 heavy (non-hydrogen) atoms. The molecule has 2 spiro atoms. The van der Waals surface area contributed by atoms with Gasteiger partial charge in [0.25, 0.3) is 0 Å². The van der Waals surface area contributed by atoms with E-state index < -0.39 is 11.6 Å². The van der Waals surface area contributed by atoms with E-state index in [0.29, 0.717) is 31.6 Å². The molecule has 4 bridgehead atoms. The normalized spacial score (nSPS) is 31.1. The molecule has 3 aromatic rings. The van der Waals surface area contributed by atoms with Gasteiger partial charge in [0.05, 0.1) is 27.4 Å². The van der Waals surface area contributed by atoms with Crippen LogP contribution >= 0.6 is 0 Å². The summed E-state index contributed by atoms with van der Waals surface area (Å²) in [6, 6.07) is 20.8. The number of piperidine rings is 1. The van der Waals surface area contributed by atoms with Gasteiger partial charge in [-0.2, -0.15) is 0 Å². The molecule has 4 saturated carbocycles. The van der Waals surface area contributed by atoms with Crippen LogP contribution in [0.2, 0.25) is 0 Å². The van der Waals surface area contributed by atoms with Crippen molar-refractivity contribution in [1.29, 1.82) is 0 Å². The van der Waals surface area contributed by atoms with Crippen LogP contribution in [0.25, 0.3) is 0 Å². The van der Waals surface area contributed by atoms with Crippen molar-refractivity contribution >= 4 is 5.97 Å². The standard InChI is InChI=1S/C42H49NO8/c1-45-32-11-6-29(7-12-32)24-50-34-15-10-30-20-35-40-16-17-42(47-3,39-41(40,37(30)38(34)51-39)18-19-43(35)22-27-4-5-27)31(21-40)25-48-23-28-8-13-33(14-9-28)49-26-36(44)46-2/h6-15,27,31,35,39H,4-5,16-26H2,1-3H3/t31-,35-,39-,40?,41+,42?/m1/s1. The summed E-state index contributed by atoms with van der Waals surface area (Å²) in [5, 5.41) is 0. The minimum absolute atomic E-state index is 0.0879. The molecule has 5 fully saturated rings. The van der Waals surface area contributed by atoms with Gasteiger partial charge < -0.3 is 33.2 Å². The number of fused-ring (bicyclic) bond motifs is 2. The van der Waals surface area contributed by atoms with E-state index in [1.807, 2.05) is 43.5 Å². The van der Waals surface area contributed by atoms with Crippen molar-refractivity contribution in [3.8, 4) is 23.0 Å². The minimum atomic E-state index is -0.461. The molecule has 270 valence electrons. The van der Waals surface area contributed by atoms with Gasteiger partial charge >= 0.3 is 5.97 Å². The Morgan fingerprint density at radius 2 is 1.65 bits per heavy atom. The minimum Gasteiger partial charge on any atom is -0.497 e. The second-order valence-electron chi connectivity index (χ2n) is 15.7. The summed E-state index contributed by atoms with van der Waals surface area (Å²) >= 11 is 0. The summed E-state index contributed by atoms with van der Waals surface area (Å²) in [6.45, 7) is 3.77.